The molecule has 1 saturated carbocycles. The fourth-order valence-corrected chi connectivity index (χ4v) is 1.69. The predicted molar refractivity (Wildman–Crippen MR) is 51.7 cm³/mol. The Morgan fingerprint density at radius 1 is 1.57 bits per heavy atom. The zero-order valence-electron chi connectivity index (χ0n) is 8.35. The van der Waals surface area contributed by atoms with Gasteiger partial charge in [-0.05, 0) is 26.2 Å². The monoisotopic (exact) mass is 196 g/mol. The molecule has 1 aromatic rings. The molecule has 0 amide bonds. The topological polar surface area (TPSA) is 77.0 Å². The zero-order valence-corrected chi connectivity index (χ0v) is 8.35. The molecule has 78 valence electrons. The van der Waals surface area contributed by atoms with E-state index in [0.29, 0.717) is 12.5 Å². The SMILES string of the molecule is Cc1nnc(C(N)CCO)n1C1CC1. The Kier molecular flexibility index (Phi) is 2.52. The second kappa shape index (κ2) is 3.67. The van der Waals surface area contributed by atoms with Gasteiger partial charge < -0.3 is 15.4 Å². The Labute approximate surface area is 82.9 Å². The molecule has 0 saturated heterocycles. The average Bonchev–Trinajstić information content (AvgIpc) is 2.90. The lowest BCUT2D eigenvalue weighted by molar-refractivity contribution is 0.273. The second-order valence-corrected chi connectivity index (χ2v) is 3.83. The number of nitrogens with two attached hydrogens (primary N) is 1. The molecule has 1 aromatic heterocycles. The number of nitrogens with zero attached hydrogens (tertiary/aromatic N) is 3. The van der Waals surface area contributed by atoms with Crippen LogP contribution in [0.4, 0.5) is 0 Å². The first-order chi connectivity index (χ1) is 6.74. The van der Waals surface area contributed by atoms with Crippen molar-refractivity contribution in [3.8, 4) is 0 Å². The van der Waals surface area contributed by atoms with E-state index in [1.165, 1.54) is 12.8 Å². The first kappa shape index (κ1) is 9.61. The van der Waals surface area contributed by atoms with E-state index in [9.17, 15) is 0 Å². The van der Waals surface area contributed by atoms with Crippen molar-refractivity contribution in [3.63, 3.8) is 0 Å². The molecule has 5 heteroatoms. The third kappa shape index (κ3) is 1.65. The summed E-state index contributed by atoms with van der Waals surface area (Å²) in [5.74, 6) is 1.75. The molecule has 1 fully saturated rings. The minimum absolute atomic E-state index is 0.0950. The first-order valence-electron chi connectivity index (χ1n) is 5.02. The molecular weight excluding hydrogens is 180 g/mol. The van der Waals surface area contributed by atoms with Gasteiger partial charge in [0, 0.05) is 12.6 Å². The van der Waals surface area contributed by atoms with E-state index in [-0.39, 0.29) is 12.6 Å². The van der Waals surface area contributed by atoms with Crippen LogP contribution in [0.2, 0.25) is 0 Å². The third-order valence-corrected chi connectivity index (χ3v) is 2.58. The summed E-state index contributed by atoms with van der Waals surface area (Å²) in [7, 11) is 0. The molecule has 0 radical (unpaired) electrons. The molecule has 14 heavy (non-hydrogen) atoms. The van der Waals surface area contributed by atoms with Crippen molar-refractivity contribution in [1.29, 1.82) is 0 Å². The van der Waals surface area contributed by atoms with Crippen molar-refractivity contribution in [2.45, 2.75) is 38.3 Å². The van der Waals surface area contributed by atoms with E-state index in [2.05, 4.69) is 14.8 Å². The van der Waals surface area contributed by atoms with Crippen LogP contribution in [0.5, 0.6) is 0 Å². The zero-order chi connectivity index (χ0) is 10.1. The molecule has 0 spiro atoms. The minimum Gasteiger partial charge on any atom is -0.396 e. The van der Waals surface area contributed by atoms with Crippen LogP contribution in [0.3, 0.4) is 0 Å². The molecule has 1 aliphatic carbocycles. The highest BCUT2D eigenvalue weighted by Gasteiger charge is 2.29. The van der Waals surface area contributed by atoms with E-state index in [1.807, 2.05) is 6.92 Å². The molecule has 0 bridgehead atoms. The Bertz CT molecular complexity index is 319. The molecule has 0 aromatic carbocycles. The van der Waals surface area contributed by atoms with Gasteiger partial charge in [0.2, 0.25) is 0 Å². The van der Waals surface area contributed by atoms with E-state index < -0.39 is 0 Å². The summed E-state index contributed by atoms with van der Waals surface area (Å²) >= 11 is 0. The lowest BCUT2D eigenvalue weighted by atomic mass is 10.2. The number of aromatic nitrogens is 3. The average molecular weight is 196 g/mol. The molecule has 1 atom stereocenters. The standard InChI is InChI=1S/C9H16N4O/c1-6-11-12-9(8(10)4-5-14)13(6)7-2-3-7/h7-8,14H,2-5,10H2,1H3. The van der Waals surface area contributed by atoms with Crippen molar-refractivity contribution in [3.05, 3.63) is 11.6 Å². The van der Waals surface area contributed by atoms with Crippen LogP contribution in [0.15, 0.2) is 0 Å². The molecule has 3 N–H and O–H groups in total. The summed E-state index contributed by atoms with van der Waals surface area (Å²) in [4.78, 5) is 0. The molecule has 1 heterocycles. The van der Waals surface area contributed by atoms with Crippen LogP contribution in [0.1, 0.15) is 43.0 Å². The lowest BCUT2D eigenvalue weighted by Crippen LogP contribution is -2.18. The van der Waals surface area contributed by atoms with E-state index in [0.717, 1.165) is 11.6 Å². The van der Waals surface area contributed by atoms with Crippen LogP contribution in [-0.2, 0) is 0 Å². The first-order valence-corrected chi connectivity index (χ1v) is 5.02. The third-order valence-electron chi connectivity index (χ3n) is 2.58. The molecule has 5 nitrogen and oxygen atoms in total. The number of hydrogen-bond acceptors (Lipinski definition) is 4. The normalized spacial score (nSPS) is 18.5. The molecule has 1 aliphatic rings. The smallest absolute Gasteiger partial charge is 0.150 e. The summed E-state index contributed by atoms with van der Waals surface area (Å²) in [5, 5.41) is 16.9. The maximum absolute atomic E-state index is 8.81. The molecule has 2 rings (SSSR count). The van der Waals surface area contributed by atoms with Gasteiger partial charge in [0.25, 0.3) is 0 Å². The fraction of sp³-hybridized carbons (Fsp3) is 0.778. The second-order valence-electron chi connectivity index (χ2n) is 3.83. The summed E-state index contributed by atoms with van der Waals surface area (Å²) in [6.07, 6.45) is 2.93. The van der Waals surface area contributed by atoms with Gasteiger partial charge in [0.15, 0.2) is 0 Å². The Morgan fingerprint density at radius 3 is 2.86 bits per heavy atom. The molecule has 1 unspecified atom stereocenters. The van der Waals surface area contributed by atoms with Crippen LogP contribution in [-0.4, -0.2) is 26.5 Å². The van der Waals surface area contributed by atoms with Crippen molar-refractivity contribution in [1.82, 2.24) is 14.8 Å². The van der Waals surface area contributed by atoms with Crippen LogP contribution in [0, 0.1) is 6.92 Å². The summed E-state index contributed by atoms with van der Waals surface area (Å²) in [5.41, 5.74) is 5.90. The molecule has 0 aliphatic heterocycles. The predicted octanol–water partition coefficient (Wildman–Crippen LogP) is 0.304. The summed E-state index contributed by atoms with van der Waals surface area (Å²) < 4.78 is 2.11. The van der Waals surface area contributed by atoms with Gasteiger partial charge in [-0.2, -0.15) is 0 Å². The fourth-order valence-electron chi connectivity index (χ4n) is 1.69. The van der Waals surface area contributed by atoms with Gasteiger partial charge in [0.05, 0.1) is 6.04 Å². The van der Waals surface area contributed by atoms with E-state index in [1.54, 1.807) is 0 Å². The van der Waals surface area contributed by atoms with Crippen molar-refractivity contribution < 1.29 is 5.11 Å². The van der Waals surface area contributed by atoms with Gasteiger partial charge in [-0.1, -0.05) is 0 Å². The number of aryl methyl sites for hydroxylation is 1. The number of aliphatic hydroxyl groups excluding tert-OH is 1. The van der Waals surface area contributed by atoms with Gasteiger partial charge in [0.1, 0.15) is 11.6 Å². The van der Waals surface area contributed by atoms with Crippen molar-refractivity contribution >= 4 is 0 Å². The van der Waals surface area contributed by atoms with Gasteiger partial charge in [-0.3, -0.25) is 0 Å². The number of aliphatic hydroxyl groups is 1. The summed E-state index contributed by atoms with van der Waals surface area (Å²) in [6.45, 7) is 2.04. The van der Waals surface area contributed by atoms with Crippen LogP contribution >= 0.6 is 0 Å². The summed E-state index contributed by atoms with van der Waals surface area (Å²) in [6, 6.07) is 0.353. The maximum atomic E-state index is 8.81. The maximum Gasteiger partial charge on any atom is 0.150 e. The lowest BCUT2D eigenvalue weighted by Gasteiger charge is -2.11. The Morgan fingerprint density at radius 2 is 2.29 bits per heavy atom. The highest BCUT2D eigenvalue weighted by atomic mass is 16.3. The van der Waals surface area contributed by atoms with Crippen molar-refractivity contribution in [2.24, 2.45) is 5.73 Å². The minimum atomic E-state index is -0.193. The van der Waals surface area contributed by atoms with E-state index >= 15 is 0 Å². The Balaban J connectivity index is 2.23. The van der Waals surface area contributed by atoms with Gasteiger partial charge >= 0.3 is 0 Å². The van der Waals surface area contributed by atoms with E-state index in [4.69, 9.17) is 10.8 Å². The Hall–Kier alpha value is -0.940. The van der Waals surface area contributed by atoms with Crippen LogP contribution in [0.25, 0.3) is 0 Å². The highest BCUT2D eigenvalue weighted by molar-refractivity contribution is 5.05. The highest BCUT2D eigenvalue weighted by Crippen LogP contribution is 2.37. The van der Waals surface area contributed by atoms with Crippen LogP contribution < -0.4 is 5.73 Å². The number of rotatable bonds is 4. The quantitative estimate of drug-likeness (QED) is 0.726. The largest absolute Gasteiger partial charge is 0.396 e. The molecular formula is C9H16N4O. The number of hydrogen-bond donors (Lipinski definition) is 2. The van der Waals surface area contributed by atoms with Crippen molar-refractivity contribution in [2.75, 3.05) is 6.61 Å². The van der Waals surface area contributed by atoms with Gasteiger partial charge in [-0.25, -0.2) is 0 Å². The van der Waals surface area contributed by atoms with Gasteiger partial charge in [-0.15, -0.1) is 10.2 Å².